The van der Waals surface area contributed by atoms with Gasteiger partial charge in [0.2, 0.25) is 5.88 Å². The van der Waals surface area contributed by atoms with Gasteiger partial charge in [-0.05, 0) is 17.7 Å². The van der Waals surface area contributed by atoms with Crippen LogP contribution < -0.4 is 10.1 Å². The van der Waals surface area contributed by atoms with Gasteiger partial charge >= 0.3 is 6.18 Å². The Bertz CT molecular complexity index is 607. The molecule has 1 aliphatic rings. The standard InChI is InChI=1S/C14H12F3N3O/c15-14(16,17)12-7-20-13(8-19-12)21-11-3-1-9(2-4-11)10-5-18-6-10/h1-4,7-8,10,18H,5-6H2. The van der Waals surface area contributed by atoms with Gasteiger partial charge in [0.1, 0.15) is 5.75 Å². The number of benzene rings is 1. The van der Waals surface area contributed by atoms with E-state index < -0.39 is 11.9 Å². The Morgan fingerprint density at radius 2 is 1.76 bits per heavy atom. The van der Waals surface area contributed by atoms with Gasteiger partial charge in [0, 0.05) is 19.0 Å². The predicted octanol–water partition coefficient (Wildman–Crippen LogP) is 2.97. The van der Waals surface area contributed by atoms with E-state index in [0.29, 0.717) is 17.9 Å². The average Bonchev–Trinajstić information content (AvgIpc) is 2.39. The van der Waals surface area contributed by atoms with Crippen molar-refractivity contribution < 1.29 is 17.9 Å². The van der Waals surface area contributed by atoms with Gasteiger partial charge in [-0.3, -0.25) is 0 Å². The van der Waals surface area contributed by atoms with E-state index in [1.165, 1.54) is 5.56 Å². The number of hydrogen-bond donors (Lipinski definition) is 1. The number of aromatic nitrogens is 2. The van der Waals surface area contributed by atoms with Crippen molar-refractivity contribution in [2.75, 3.05) is 13.1 Å². The molecule has 2 heterocycles. The number of halogens is 3. The monoisotopic (exact) mass is 295 g/mol. The molecule has 1 aliphatic heterocycles. The van der Waals surface area contributed by atoms with E-state index in [9.17, 15) is 13.2 Å². The second kappa shape index (κ2) is 5.33. The Hall–Kier alpha value is -2.15. The van der Waals surface area contributed by atoms with Crippen molar-refractivity contribution in [1.29, 1.82) is 0 Å². The molecule has 3 rings (SSSR count). The second-order valence-electron chi connectivity index (χ2n) is 4.76. The normalized spacial score (nSPS) is 15.6. The number of alkyl halides is 3. The van der Waals surface area contributed by atoms with Crippen LogP contribution in [0.4, 0.5) is 13.2 Å². The third-order valence-electron chi connectivity index (χ3n) is 3.27. The lowest BCUT2D eigenvalue weighted by molar-refractivity contribution is -0.141. The van der Waals surface area contributed by atoms with E-state index in [-0.39, 0.29) is 5.88 Å². The summed E-state index contributed by atoms with van der Waals surface area (Å²) < 4.78 is 42.4. The summed E-state index contributed by atoms with van der Waals surface area (Å²) in [6.07, 6.45) is -2.87. The molecule has 1 N–H and O–H groups in total. The molecule has 1 aromatic heterocycles. The van der Waals surface area contributed by atoms with E-state index >= 15 is 0 Å². The Morgan fingerprint density at radius 1 is 1.05 bits per heavy atom. The lowest BCUT2D eigenvalue weighted by atomic mass is 9.94. The Morgan fingerprint density at radius 3 is 2.24 bits per heavy atom. The summed E-state index contributed by atoms with van der Waals surface area (Å²) in [6.45, 7) is 1.93. The highest BCUT2D eigenvalue weighted by Gasteiger charge is 2.32. The van der Waals surface area contributed by atoms with Gasteiger partial charge in [-0.1, -0.05) is 12.1 Å². The maximum atomic E-state index is 12.4. The molecule has 2 aromatic rings. The van der Waals surface area contributed by atoms with Gasteiger partial charge in [0.15, 0.2) is 5.69 Å². The highest BCUT2D eigenvalue weighted by molar-refractivity contribution is 5.32. The molecule has 110 valence electrons. The first-order valence-electron chi connectivity index (χ1n) is 6.40. The second-order valence-corrected chi connectivity index (χ2v) is 4.76. The first kappa shape index (κ1) is 13.8. The number of ether oxygens (including phenoxy) is 1. The van der Waals surface area contributed by atoms with E-state index in [2.05, 4.69) is 15.3 Å². The maximum absolute atomic E-state index is 12.4. The highest BCUT2D eigenvalue weighted by atomic mass is 19.4. The molecule has 21 heavy (non-hydrogen) atoms. The minimum atomic E-state index is -4.50. The topological polar surface area (TPSA) is 47.0 Å². The Labute approximate surface area is 119 Å². The molecule has 0 aliphatic carbocycles. The van der Waals surface area contributed by atoms with E-state index in [4.69, 9.17) is 4.74 Å². The number of hydrogen-bond acceptors (Lipinski definition) is 4. The lowest BCUT2D eigenvalue weighted by Gasteiger charge is -2.27. The zero-order valence-electron chi connectivity index (χ0n) is 10.9. The largest absolute Gasteiger partial charge is 0.438 e. The fourth-order valence-corrected chi connectivity index (χ4v) is 1.97. The summed E-state index contributed by atoms with van der Waals surface area (Å²) in [5.41, 5.74) is 0.169. The van der Waals surface area contributed by atoms with Gasteiger partial charge in [-0.25, -0.2) is 9.97 Å². The Balaban J connectivity index is 1.68. The highest BCUT2D eigenvalue weighted by Crippen LogP contribution is 2.28. The van der Waals surface area contributed by atoms with Crippen LogP contribution >= 0.6 is 0 Å². The molecule has 7 heteroatoms. The van der Waals surface area contributed by atoms with Gasteiger partial charge < -0.3 is 10.1 Å². The van der Waals surface area contributed by atoms with E-state index in [1.54, 1.807) is 12.1 Å². The fourth-order valence-electron chi connectivity index (χ4n) is 1.97. The number of rotatable bonds is 3. The first-order chi connectivity index (χ1) is 10.0. The van der Waals surface area contributed by atoms with Crippen molar-refractivity contribution in [2.45, 2.75) is 12.1 Å². The van der Waals surface area contributed by atoms with Crippen LogP contribution in [0.15, 0.2) is 36.7 Å². The molecule has 0 spiro atoms. The number of nitrogens with one attached hydrogen (secondary N) is 1. The lowest BCUT2D eigenvalue weighted by Crippen LogP contribution is -2.39. The van der Waals surface area contributed by atoms with Crippen LogP contribution in [0.5, 0.6) is 11.6 Å². The zero-order chi connectivity index (χ0) is 14.9. The van der Waals surface area contributed by atoms with Gasteiger partial charge in [0.25, 0.3) is 0 Å². The maximum Gasteiger partial charge on any atom is 0.434 e. The van der Waals surface area contributed by atoms with Crippen LogP contribution in [0, 0.1) is 0 Å². The van der Waals surface area contributed by atoms with Crippen LogP contribution in [0.25, 0.3) is 0 Å². The molecule has 0 amide bonds. The molecule has 0 bridgehead atoms. The molecule has 4 nitrogen and oxygen atoms in total. The van der Waals surface area contributed by atoms with Crippen molar-refractivity contribution in [1.82, 2.24) is 15.3 Å². The SMILES string of the molecule is FC(F)(F)c1cnc(Oc2ccc(C3CNC3)cc2)cn1. The van der Waals surface area contributed by atoms with E-state index in [0.717, 1.165) is 19.3 Å². The van der Waals surface area contributed by atoms with Crippen molar-refractivity contribution >= 4 is 0 Å². The molecule has 0 atom stereocenters. The smallest absolute Gasteiger partial charge is 0.434 e. The van der Waals surface area contributed by atoms with Crippen molar-refractivity contribution in [3.63, 3.8) is 0 Å². The summed E-state index contributed by atoms with van der Waals surface area (Å²) in [5.74, 6) is 1.06. The van der Waals surface area contributed by atoms with Crippen molar-refractivity contribution in [3.8, 4) is 11.6 Å². The quantitative estimate of drug-likeness (QED) is 0.945. The van der Waals surface area contributed by atoms with Crippen molar-refractivity contribution in [2.24, 2.45) is 0 Å². The average molecular weight is 295 g/mol. The molecule has 1 aromatic carbocycles. The minimum absolute atomic E-state index is 0.0288. The molecular formula is C14H12F3N3O. The van der Waals surface area contributed by atoms with Crippen molar-refractivity contribution in [3.05, 3.63) is 47.9 Å². The summed E-state index contributed by atoms with van der Waals surface area (Å²) in [5, 5.41) is 3.19. The first-order valence-corrected chi connectivity index (χ1v) is 6.40. The van der Waals surface area contributed by atoms with Gasteiger partial charge in [-0.15, -0.1) is 0 Å². The third kappa shape index (κ3) is 3.13. The zero-order valence-corrected chi connectivity index (χ0v) is 10.9. The van der Waals surface area contributed by atoms with Crippen LogP contribution in [0.2, 0.25) is 0 Å². The summed E-state index contributed by atoms with van der Waals surface area (Å²) in [4.78, 5) is 6.90. The summed E-state index contributed by atoms with van der Waals surface area (Å²) in [6, 6.07) is 7.43. The molecule has 1 saturated heterocycles. The fraction of sp³-hybridized carbons (Fsp3) is 0.286. The van der Waals surface area contributed by atoms with Crippen LogP contribution in [0.3, 0.4) is 0 Å². The predicted molar refractivity (Wildman–Crippen MR) is 69.2 cm³/mol. The van der Waals surface area contributed by atoms with Crippen LogP contribution in [-0.2, 0) is 6.18 Å². The molecule has 0 saturated carbocycles. The van der Waals surface area contributed by atoms with E-state index in [1.807, 2.05) is 12.1 Å². The number of nitrogens with zero attached hydrogens (tertiary/aromatic N) is 2. The molecule has 1 fully saturated rings. The molecule has 0 radical (unpaired) electrons. The van der Waals surface area contributed by atoms with Crippen LogP contribution in [-0.4, -0.2) is 23.1 Å². The molecule has 0 unspecified atom stereocenters. The van der Waals surface area contributed by atoms with Gasteiger partial charge in [0.05, 0.1) is 12.4 Å². The minimum Gasteiger partial charge on any atom is -0.438 e. The molecular weight excluding hydrogens is 283 g/mol. The Kier molecular flexibility index (Phi) is 3.50. The van der Waals surface area contributed by atoms with Gasteiger partial charge in [-0.2, -0.15) is 13.2 Å². The summed E-state index contributed by atoms with van der Waals surface area (Å²) in [7, 11) is 0. The summed E-state index contributed by atoms with van der Waals surface area (Å²) >= 11 is 0. The van der Waals surface area contributed by atoms with Crippen LogP contribution in [0.1, 0.15) is 17.2 Å². The third-order valence-corrected chi connectivity index (χ3v) is 3.27.